The second-order valence-corrected chi connectivity index (χ2v) is 4.44. The van der Waals surface area contributed by atoms with Crippen molar-refractivity contribution >= 4 is 5.91 Å². The number of aliphatic hydroxyl groups excluding tert-OH is 1. The molecule has 5 nitrogen and oxygen atoms in total. The molecule has 0 aliphatic carbocycles. The predicted octanol–water partition coefficient (Wildman–Crippen LogP) is -0.135. The van der Waals surface area contributed by atoms with Gasteiger partial charge in [-0.2, -0.15) is 0 Å². The summed E-state index contributed by atoms with van der Waals surface area (Å²) in [7, 11) is 0. The molecule has 1 heterocycles. The lowest BCUT2D eigenvalue weighted by Crippen LogP contribution is -2.51. The molecule has 3 N–H and O–H groups in total. The van der Waals surface area contributed by atoms with Crippen LogP contribution in [0.3, 0.4) is 0 Å². The molecular formula is C13H18N2O3. The van der Waals surface area contributed by atoms with Gasteiger partial charge < -0.3 is 15.6 Å². The average Bonchev–Trinajstić information content (AvgIpc) is 2.40. The molecule has 0 bridgehead atoms. The van der Waals surface area contributed by atoms with Crippen LogP contribution < -0.4 is 5.73 Å². The minimum atomic E-state index is -0.351. The van der Waals surface area contributed by atoms with Crippen molar-refractivity contribution in [3.8, 4) is 0 Å². The lowest BCUT2D eigenvalue weighted by molar-refractivity contribution is -0.129. The molecule has 1 amide bonds. The van der Waals surface area contributed by atoms with Crippen molar-refractivity contribution in [2.45, 2.75) is 19.2 Å². The molecule has 0 radical (unpaired) electrons. The average molecular weight is 250 g/mol. The van der Waals surface area contributed by atoms with Gasteiger partial charge in [-0.25, -0.2) is 0 Å². The maximum atomic E-state index is 11.3. The molecule has 1 saturated heterocycles. The van der Waals surface area contributed by atoms with Crippen LogP contribution in [-0.2, 0) is 22.7 Å². The van der Waals surface area contributed by atoms with E-state index in [2.05, 4.69) is 0 Å². The van der Waals surface area contributed by atoms with E-state index in [0.717, 1.165) is 11.1 Å². The van der Waals surface area contributed by atoms with Gasteiger partial charge in [-0.05, 0) is 11.1 Å². The van der Waals surface area contributed by atoms with E-state index in [0.29, 0.717) is 26.3 Å². The number of benzene rings is 1. The van der Waals surface area contributed by atoms with Crippen LogP contribution in [0, 0.1) is 0 Å². The molecule has 0 aromatic heterocycles. The fraction of sp³-hybridized carbons (Fsp3) is 0.462. The zero-order valence-electron chi connectivity index (χ0n) is 10.2. The second kappa shape index (κ2) is 5.95. The van der Waals surface area contributed by atoms with Crippen molar-refractivity contribution in [1.82, 2.24) is 4.90 Å². The molecule has 1 fully saturated rings. The van der Waals surface area contributed by atoms with Gasteiger partial charge in [-0.15, -0.1) is 0 Å². The van der Waals surface area contributed by atoms with Gasteiger partial charge in [0.05, 0.1) is 19.8 Å². The zero-order valence-corrected chi connectivity index (χ0v) is 10.2. The summed E-state index contributed by atoms with van der Waals surface area (Å²) in [6.45, 7) is 2.41. The lowest BCUT2D eigenvalue weighted by Gasteiger charge is -2.33. The molecule has 1 aromatic carbocycles. The number of primary amides is 1. The first-order chi connectivity index (χ1) is 8.70. The first-order valence-electron chi connectivity index (χ1n) is 6.00. The highest BCUT2D eigenvalue weighted by atomic mass is 16.5. The molecule has 1 unspecified atom stereocenters. The fourth-order valence-corrected chi connectivity index (χ4v) is 2.07. The Balaban J connectivity index is 2.03. The molecular weight excluding hydrogens is 232 g/mol. The Morgan fingerprint density at radius 2 is 2.06 bits per heavy atom. The smallest absolute Gasteiger partial charge is 0.237 e. The molecule has 1 atom stereocenters. The van der Waals surface area contributed by atoms with Gasteiger partial charge in [0.1, 0.15) is 6.04 Å². The summed E-state index contributed by atoms with van der Waals surface area (Å²) in [5.41, 5.74) is 7.34. The van der Waals surface area contributed by atoms with E-state index in [4.69, 9.17) is 15.6 Å². The first-order valence-corrected chi connectivity index (χ1v) is 6.00. The van der Waals surface area contributed by atoms with Crippen LogP contribution in [0.25, 0.3) is 0 Å². The van der Waals surface area contributed by atoms with Gasteiger partial charge in [0.25, 0.3) is 0 Å². The van der Waals surface area contributed by atoms with Gasteiger partial charge in [-0.1, -0.05) is 24.3 Å². The number of hydrogen-bond acceptors (Lipinski definition) is 4. The Labute approximate surface area is 106 Å². The van der Waals surface area contributed by atoms with E-state index in [1.807, 2.05) is 29.2 Å². The number of nitrogens with two attached hydrogens (primary N) is 1. The summed E-state index contributed by atoms with van der Waals surface area (Å²) in [6.07, 6.45) is 0. The quantitative estimate of drug-likeness (QED) is 0.780. The van der Waals surface area contributed by atoms with Crippen LogP contribution >= 0.6 is 0 Å². The van der Waals surface area contributed by atoms with E-state index in [-0.39, 0.29) is 18.6 Å². The minimum absolute atomic E-state index is 0.0434. The fourth-order valence-electron chi connectivity index (χ4n) is 2.07. The standard InChI is InChI=1S/C13H18N2O3/c14-13(17)12-9-18-6-5-15(12)7-10-1-3-11(8-16)4-2-10/h1-4,12,16H,5-9H2,(H2,14,17). The number of aliphatic hydroxyl groups is 1. The SMILES string of the molecule is NC(=O)C1COCCN1Cc1ccc(CO)cc1. The number of ether oxygens (including phenoxy) is 1. The van der Waals surface area contributed by atoms with E-state index < -0.39 is 0 Å². The Kier molecular flexibility index (Phi) is 4.30. The summed E-state index contributed by atoms with van der Waals surface area (Å²) in [6, 6.07) is 7.33. The lowest BCUT2D eigenvalue weighted by atomic mass is 10.1. The number of rotatable bonds is 4. The maximum Gasteiger partial charge on any atom is 0.237 e. The van der Waals surface area contributed by atoms with Crippen molar-refractivity contribution in [3.05, 3.63) is 35.4 Å². The summed E-state index contributed by atoms with van der Waals surface area (Å²) in [4.78, 5) is 13.4. The van der Waals surface area contributed by atoms with Crippen molar-refractivity contribution in [1.29, 1.82) is 0 Å². The third kappa shape index (κ3) is 3.07. The molecule has 0 saturated carbocycles. The Morgan fingerprint density at radius 1 is 1.39 bits per heavy atom. The molecule has 2 rings (SSSR count). The van der Waals surface area contributed by atoms with Crippen LogP contribution in [0.5, 0.6) is 0 Å². The third-order valence-electron chi connectivity index (χ3n) is 3.16. The first kappa shape index (κ1) is 13.0. The van der Waals surface area contributed by atoms with Gasteiger partial charge in [-0.3, -0.25) is 9.69 Å². The normalized spacial score (nSPS) is 20.8. The predicted molar refractivity (Wildman–Crippen MR) is 66.6 cm³/mol. The highest BCUT2D eigenvalue weighted by Crippen LogP contribution is 2.13. The second-order valence-electron chi connectivity index (χ2n) is 4.44. The van der Waals surface area contributed by atoms with E-state index in [1.54, 1.807) is 0 Å². The summed E-state index contributed by atoms with van der Waals surface area (Å²) in [5.74, 6) is -0.346. The Hall–Kier alpha value is -1.43. The van der Waals surface area contributed by atoms with Crippen LogP contribution in [0.15, 0.2) is 24.3 Å². The molecule has 1 aliphatic rings. The summed E-state index contributed by atoms with van der Waals surface area (Å²) >= 11 is 0. The van der Waals surface area contributed by atoms with Crippen LogP contribution in [0.2, 0.25) is 0 Å². The van der Waals surface area contributed by atoms with Crippen molar-refractivity contribution in [2.75, 3.05) is 19.8 Å². The van der Waals surface area contributed by atoms with Crippen molar-refractivity contribution < 1.29 is 14.6 Å². The minimum Gasteiger partial charge on any atom is -0.392 e. The molecule has 0 spiro atoms. The topological polar surface area (TPSA) is 75.8 Å². The zero-order chi connectivity index (χ0) is 13.0. The monoisotopic (exact) mass is 250 g/mol. The maximum absolute atomic E-state index is 11.3. The van der Waals surface area contributed by atoms with Gasteiger partial charge in [0, 0.05) is 13.1 Å². The summed E-state index contributed by atoms with van der Waals surface area (Å²) < 4.78 is 5.27. The number of hydrogen-bond donors (Lipinski definition) is 2. The molecule has 1 aromatic rings. The van der Waals surface area contributed by atoms with Crippen molar-refractivity contribution in [3.63, 3.8) is 0 Å². The third-order valence-corrected chi connectivity index (χ3v) is 3.16. The highest BCUT2D eigenvalue weighted by molar-refractivity contribution is 5.80. The molecule has 18 heavy (non-hydrogen) atoms. The van der Waals surface area contributed by atoms with Crippen LogP contribution in [-0.4, -0.2) is 41.7 Å². The van der Waals surface area contributed by atoms with E-state index >= 15 is 0 Å². The largest absolute Gasteiger partial charge is 0.392 e. The van der Waals surface area contributed by atoms with Crippen LogP contribution in [0.1, 0.15) is 11.1 Å². The van der Waals surface area contributed by atoms with Gasteiger partial charge in [0.15, 0.2) is 0 Å². The van der Waals surface area contributed by atoms with Crippen molar-refractivity contribution in [2.24, 2.45) is 5.73 Å². The number of carbonyl (C=O) groups excluding carboxylic acids is 1. The van der Waals surface area contributed by atoms with Gasteiger partial charge >= 0.3 is 0 Å². The van der Waals surface area contributed by atoms with Crippen LogP contribution in [0.4, 0.5) is 0 Å². The van der Waals surface area contributed by atoms with E-state index in [9.17, 15) is 4.79 Å². The number of nitrogens with zero attached hydrogens (tertiary/aromatic N) is 1. The van der Waals surface area contributed by atoms with Gasteiger partial charge in [0.2, 0.25) is 5.91 Å². The highest BCUT2D eigenvalue weighted by Gasteiger charge is 2.27. The number of carbonyl (C=O) groups is 1. The molecule has 5 heteroatoms. The summed E-state index contributed by atoms with van der Waals surface area (Å²) in [5, 5.41) is 8.98. The number of amides is 1. The Morgan fingerprint density at radius 3 is 2.67 bits per heavy atom. The molecule has 98 valence electrons. The van der Waals surface area contributed by atoms with E-state index in [1.165, 1.54) is 0 Å². The number of morpholine rings is 1. The Bertz CT molecular complexity index is 405. The molecule has 1 aliphatic heterocycles.